The van der Waals surface area contributed by atoms with E-state index in [0.717, 1.165) is 21.6 Å². The van der Waals surface area contributed by atoms with Gasteiger partial charge in [0.2, 0.25) is 0 Å². The van der Waals surface area contributed by atoms with Crippen LogP contribution in [0.3, 0.4) is 0 Å². The van der Waals surface area contributed by atoms with Crippen LogP contribution in [0, 0.1) is 12.3 Å². The molecule has 114 valence electrons. The van der Waals surface area contributed by atoms with Crippen LogP contribution >= 0.6 is 23.5 Å². The molecule has 6 heteroatoms. The van der Waals surface area contributed by atoms with Crippen molar-refractivity contribution in [1.82, 2.24) is 4.90 Å². The summed E-state index contributed by atoms with van der Waals surface area (Å²) in [4.78, 5) is 26.2. The smallest absolute Gasteiger partial charge is 0.294 e. The predicted octanol–water partition coefficient (Wildman–Crippen LogP) is 4.10. The Morgan fingerprint density at radius 1 is 1.22 bits per heavy atom. The number of terminal acetylenes is 1. The molecule has 2 heterocycles. The molecular formula is C17H11NO3S2. The molecule has 4 nitrogen and oxygen atoms in total. The standard InChI is InChI=1S/C17H11NO3S2/c1-2-10-18-16(19)14(23-17(18)20)11-12-8-9-15(21-12)22-13-6-4-3-5-7-13/h1,3-9,11H,10H2. The van der Waals surface area contributed by atoms with E-state index < -0.39 is 0 Å². The van der Waals surface area contributed by atoms with Gasteiger partial charge in [-0.1, -0.05) is 35.9 Å². The van der Waals surface area contributed by atoms with Crippen molar-refractivity contribution in [2.75, 3.05) is 6.54 Å². The molecule has 2 amide bonds. The Balaban J connectivity index is 1.75. The summed E-state index contributed by atoms with van der Waals surface area (Å²) in [5.74, 6) is 2.44. The molecule has 0 saturated carbocycles. The zero-order valence-corrected chi connectivity index (χ0v) is 13.5. The van der Waals surface area contributed by atoms with Gasteiger partial charge >= 0.3 is 0 Å². The van der Waals surface area contributed by atoms with E-state index in [9.17, 15) is 9.59 Å². The van der Waals surface area contributed by atoms with Crippen LogP contribution in [0.15, 0.2) is 61.8 Å². The van der Waals surface area contributed by atoms with Gasteiger partial charge in [0.25, 0.3) is 11.1 Å². The minimum absolute atomic E-state index is 0.0186. The number of imide groups is 1. The molecule has 3 rings (SSSR count). The lowest BCUT2D eigenvalue weighted by atomic mass is 10.3. The molecule has 1 aliphatic heterocycles. The summed E-state index contributed by atoms with van der Waals surface area (Å²) in [6, 6.07) is 13.4. The molecule has 0 N–H and O–H groups in total. The monoisotopic (exact) mass is 341 g/mol. The lowest BCUT2D eigenvalue weighted by molar-refractivity contribution is -0.122. The highest BCUT2D eigenvalue weighted by Gasteiger charge is 2.34. The Hall–Kier alpha value is -2.36. The van der Waals surface area contributed by atoms with Crippen molar-refractivity contribution in [2.24, 2.45) is 0 Å². The molecule has 1 aromatic heterocycles. The van der Waals surface area contributed by atoms with Gasteiger partial charge in [0.05, 0.1) is 11.4 Å². The summed E-state index contributed by atoms with van der Waals surface area (Å²) in [5.41, 5.74) is 0. The molecule has 0 radical (unpaired) electrons. The maximum Gasteiger partial charge on any atom is 0.294 e. The van der Waals surface area contributed by atoms with Gasteiger partial charge in [0.15, 0.2) is 5.09 Å². The van der Waals surface area contributed by atoms with Crippen LogP contribution in [-0.4, -0.2) is 22.6 Å². The third-order valence-corrected chi connectivity index (χ3v) is 4.80. The lowest BCUT2D eigenvalue weighted by Crippen LogP contribution is -2.28. The largest absolute Gasteiger partial charge is 0.450 e. The fraction of sp³-hybridized carbons (Fsp3) is 0.0588. The van der Waals surface area contributed by atoms with Crippen LogP contribution < -0.4 is 0 Å². The Labute approximate surface area is 141 Å². The van der Waals surface area contributed by atoms with E-state index in [1.165, 1.54) is 11.8 Å². The number of hydrogen-bond donors (Lipinski definition) is 0. The quantitative estimate of drug-likeness (QED) is 0.619. The first kappa shape index (κ1) is 15.5. The van der Waals surface area contributed by atoms with Gasteiger partial charge in [-0.3, -0.25) is 14.5 Å². The molecule has 0 spiro atoms. The Morgan fingerprint density at radius 2 is 2.00 bits per heavy atom. The van der Waals surface area contributed by atoms with E-state index in [1.807, 2.05) is 36.4 Å². The topological polar surface area (TPSA) is 50.5 Å². The van der Waals surface area contributed by atoms with Crippen molar-refractivity contribution in [3.63, 3.8) is 0 Å². The Bertz CT molecular complexity index is 818. The van der Waals surface area contributed by atoms with E-state index in [4.69, 9.17) is 10.8 Å². The molecule has 0 atom stereocenters. The number of benzene rings is 1. The van der Waals surface area contributed by atoms with Crippen molar-refractivity contribution in [3.8, 4) is 12.3 Å². The van der Waals surface area contributed by atoms with Crippen molar-refractivity contribution >= 4 is 40.7 Å². The zero-order valence-electron chi connectivity index (χ0n) is 11.9. The van der Waals surface area contributed by atoms with E-state index in [-0.39, 0.29) is 17.7 Å². The highest BCUT2D eigenvalue weighted by atomic mass is 32.2. The normalized spacial score (nSPS) is 16.1. The molecule has 1 aliphatic rings. The van der Waals surface area contributed by atoms with Crippen molar-refractivity contribution in [3.05, 3.63) is 53.1 Å². The Kier molecular flexibility index (Phi) is 4.60. The second kappa shape index (κ2) is 6.82. The van der Waals surface area contributed by atoms with Gasteiger partial charge in [-0.15, -0.1) is 6.42 Å². The van der Waals surface area contributed by atoms with E-state index >= 15 is 0 Å². The molecule has 2 aromatic rings. The average molecular weight is 341 g/mol. The van der Waals surface area contributed by atoms with Crippen LogP contribution in [0.5, 0.6) is 0 Å². The van der Waals surface area contributed by atoms with Gasteiger partial charge in [-0.2, -0.15) is 0 Å². The highest BCUT2D eigenvalue weighted by Crippen LogP contribution is 2.34. The van der Waals surface area contributed by atoms with Crippen LogP contribution in [0.25, 0.3) is 6.08 Å². The summed E-state index contributed by atoms with van der Waals surface area (Å²) < 4.78 is 5.68. The van der Waals surface area contributed by atoms with Gasteiger partial charge in [0, 0.05) is 11.0 Å². The fourth-order valence-electron chi connectivity index (χ4n) is 1.93. The van der Waals surface area contributed by atoms with E-state index in [1.54, 1.807) is 12.1 Å². The first-order valence-electron chi connectivity index (χ1n) is 6.69. The van der Waals surface area contributed by atoms with E-state index in [2.05, 4.69) is 5.92 Å². The zero-order chi connectivity index (χ0) is 16.2. The van der Waals surface area contributed by atoms with Crippen molar-refractivity contribution < 1.29 is 14.0 Å². The molecule has 23 heavy (non-hydrogen) atoms. The molecule has 1 saturated heterocycles. The summed E-state index contributed by atoms with van der Waals surface area (Å²) in [7, 11) is 0. The van der Waals surface area contributed by atoms with Crippen LogP contribution in [0.1, 0.15) is 5.76 Å². The fourth-order valence-corrected chi connectivity index (χ4v) is 3.55. The minimum atomic E-state index is -0.383. The summed E-state index contributed by atoms with van der Waals surface area (Å²) >= 11 is 2.35. The third kappa shape index (κ3) is 3.52. The maximum absolute atomic E-state index is 12.1. The lowest BCUT2D eigenvalue weighted by Gasteiger charge is -2.06. The number of thioether (sulfide) groups is 1. The number of carbonyl (C=O) groups excluding carboxylic acids is 2. The number of rotatable bonds is 4. The molecule has 0 aliphatic carbocycles. The number of furan rings is 1. The van der Waals surface area contributed by atoms with Gasteiger partial charge in [0.1, 0.15) is 5.76 Å². The predicted molar refractivity (Wildman–Crippen MR) is 90.8 cm³/mol. The van der Waals surface area contributed by atoms with Crippen LogP contribution in [-0.2, 0) is 4.79 Å². The number of amides is 2. The van der Waals surface area contributed by atoms with E-state index in [0.29, 0.717) is 15.8 Å². The van der Waals surface area contributed by atoms with Gasteiger partial charge in [-0.25, -0.2) is 0 Å². The molecule has 1 fully saturated rings. The van der Waals surface area contributed by atoms with Gasteiger partial charge < -0.3 is 4.42 Å². The number of hydrogen-bond acceptors (Lipinski definition) is 5. The average Bonchev–Trinajstić information content (AvgIpc) is 3.09. The highest BCUT2D eigenvalue weighted by molar-refractivity contribution is 8.18. The van der Waals surface area contributed by atoms with Crippen molar-refractivity contribution in [2.45, 2.75) is 9.99 Å². The first-order valence-corrected chi connectivity index (χ1v) is 8.32. The molecule has 0 unspecified atom stereocenters. The third-order valence-electron chi connectivity index (χ3n) is 2.96. The van der Waals surface area contributed by atoms with Crippen molar-refractivity contribution in [1.29, 1.82) is 0 Å². The second-order valence-electron chi connectivity index (χ2n) is 4.54. The maximum atomic E-state index is 12.1. The van der Waals surface area contributed by atoms with Crippen LogP contribution in [0.4, 0.5) is 4.79 Å². The molecular weight excluding hydrogens is 330 g/mol. The van der Waals surface area contributed by atoms with Crippen LogP contribution in [0.2, 0.25) is 0 Å². The second-order valence-corrected chi connectivity index (χ2v) is 6.61. The summed E-state index contributed by atoms with van der Waals surface area (Å²) in [5, 5.41) is 0.356. The minimum Gasteiger partial charge on any atom is -0.450 e. The molecule has 1 aromatic carbocycles. The number of nitrogens with zero attached hydrogens (tertiary/aromatic N) is 1. The summed E-state index contributed by atoms with van der Waals surface area (Å²) in [6.45, 7) is -0.0186. The first-order chi connectivity index (χ1) is 11.2. The Morgan fingerprint density at radius 3 is 2.74 bits per heavy atom. The SMILES string of the molecule is C#CCN1C(=O)SC(=Cc2ccc(Sc3ccccc3)o2)C1=O. The van der Waals surface area contributed by atoms with Gasteiger partial charge in [-0.05, 0) is 36.0 Å². The summed E-state index contributed by atoms with van der Waals surface area (Å²) in [6.07, 6.45) is 6.73. The number of carbonyl (C=O) groups is 2. The molecule has 0 bridgehead atoms.